The standard InChI is InChI=1S/C12H19NO/c1-3-10(2)13-8-11-5-4-6-12(7-11)9-14/h4-7,10,13-14H,3,8-9H2,1-2H3. The number of aliphatic hydroxyl groups is 1. The van der Waals surface area contributed by atoms with Gasteiger partial charge < -0.3 is 10.4 Å². The number of nitrogens with one attached hydrogen (secondary N) is 1. The molecule has 0 saturated heterocycles. The van der Waals surface area contributed by atoms with Crippen molar-refractivity contribution >= 4 is 0 Å². The highest BCUT2D eigenvalue weighted by molar-refractivity contribution is 5.22. The molecule has 0 heterocycles. The first kappa shape index (κ1) is 11.2. The van der Waals surface area contributed by atoms with Crippen molar-refractivity contribution in [2.24, 2.45) is 0 Å². The van der Waals surface area contributed by atoms with Gasteiger partial charge in [-0.1, -0.05) is 31.2 Å². The van der Waals surface area contributed by atoms with Crippen molar-refractivity contribution < 1.29 is 5.11 Å². The Morgan fingerprint density at radius 3 is 2.71 bits per heavy atom. The number of aliphatic hydroxyl groups excluding tert-OH is 1. The summed E-state index contributed by atoms with van der Waals surface area (Å²) in [6, 6.07) is 8.59. The second kappa shape index (κ2) is 5.78. The average Bonchev–Trinajstić information content (AvgIpc) is 2.26. The fraction of sp³-hybridized carbons (Fsp3) is 0.500. The van der Waals surface area contributed by atoms with Crippen LogP contribution in [0.15, 0.2) is 24.3 Å². The lowest BCUT2D eigenvalue weighted by molar-refractivity contribution is 0.281. The Labute approximate surface area is 86.0 Å². The summed E-state index contributed by atoms with van der Waals surface area (Å²) in [7, 11) is 0. The van der Waals surface area contributed by atoms with E-state index in [0.717, 1.165) is 18.5 Å². The third-order valence-electron chi connectivity index (χ3n) is 2.44. The van der Waals surface area contributed by atoms with Gasteiger partial charge >= 0.3 is 0 Å². The van der Waals surface area contributed by atoms with Gasteiger partial charge in [0.2, 0.25) is 0 Å². The van der Waals surface area contributed by atoms with Crippen LogP contribution in [-0.4, -0.2) is 11.1 Å². The topological polar surface area (TPSA) is 32.3 Å². The van der Waals surface area contributed by atoms with Gasteiger partial charge in [0, 0.05) is 12.6 Å². The zero-order chi connectivity index (χ0) is 10.4. The molecule has 2 N–H and O–H groups in total. The Hall–Kier alpha value is -0.860. The molecule has 1 aromatic rings. The molecule has 0 aliphatic heterocycles. The summed E-state index contributed by atoms with van der Waals surface area (Å²) in [6.45, 7) is 5.34. The molecule has 0 fully saturated rings. The molecule has 1 rings (SSSR count). The number of hydrogen-bond acceptors (Lipinski definition) is 2. The third-order valence-corrected chi connectivity index (χ3v) is 2.44. The predicted molar refractivity (Wildman–Crippen MR) is 59.0 cm³/mol. The maximum atomic E-state index is 8.97. The first-order valence-electron chi connectivity index (χ1n) is 5.18. The van der Waals surface area contributed by atoms with Gasteiger partial charge in [0.05, 0.1) is 6.61 Å². The molecule has 2 heteroatoms. The lowest BCUT2D eigenvalue weighted by Crippen LogP contribution is -2.24. The van der Waals surface area contributed by atoms with Gasteiger partial charge in [-0.05, 0) is 24.5 Å². The van der Waals surface area contributed by atoms with Crippen LogP contribution in [0.4, 0.5) is 0 Å². The number of benzene rings is 1. The second-order valence-corrected chi connectivity index (χ2v) is 3.67. The normalized spacial score (nSPS) is 12.8. The van der Waals surface area contributed by atoms with E-state index >= 15 is 0 Å². The SMILES string of the molecule is CCC(C)NCc1cccc(CO)c1. The van der Waals surface area contributed by atoms with Crippen molar-refractivity contribution in [1.29, 1.82) is 0 Å². The minimum Gasteiger partial charge on any atom is -0.392 e. The summed E-state index contributed by atoms with van der Waals surface area (Å²) in [5.74, 6) is 0. The maximum absolute atomic E-state index is 8.97. The molecule has 0 aliphatic carbocycles. The van der Waals surface area contributed by atoms with Gasteiger partial charge in [-0.15, -0.1) is 0 Å². The number of hydrogen-bond donors (Lipinski definition) is 2. The van der Waals surface area contributed by atoms with E-state index in [9.17, 15) is 0 Å². The van der Waals surface area contributed by atoms with E-state index in [1.165, 1.54) is 5.56 Å². The van der Waals surface area contributed by atoms with Gasteiger partial charge in [0.15, 0.2) is 0 Å². The lowest BCUT2D eigenvalue weighted by Gasteiger charge is -2.11. The summed E-state index contributed by atoms with van der Waals surface area (Å²) in [6.07, 6.45) is 1.14. The molecule has 78 valence electrons. The fourth-order valence-corrected chi connectivity index (χ4v) is 1.27. The Balaban J connectivity index is 2.50. The van der Waals surface area contributed by atoms with E-state index in [4.69, 9.17) is 5.11 Å². The Bertz CT molecular complexity index is 273. The van der Waals surface area contributed by atoms with Gasteiger partial charge in [0.1, 0.15) is 0 Å². The van der Waals surface area contributed by atoms with Crippen LogP contribution in [0, 0.1) is 0 Å². The highest BCUT2D eigenvalue weighted by Crippen LogP contribution is 2.05. The fourth-order valence-electron chi connectivity index (χ4n) is 1.27. The molecule has 14 heavy (non-hydrogen) atoms. The minimum absolute atomic E-state index is 0.122. The molecule has 0 radical (unpaired) electrons. The summed E-state index contributed by atoms with van der Waals surface area (Å²) in [5, 5.41) is 12.4. The zero-order valence-corrected chi connectivity index (χ0v) is 8.96. The van der Waals surface area contributed by atoms with Crippen LogP contribution in [0.3, 0.4) is 0 Å². The van der Waals surface area contributed by atoms with Gasteiger partial charge in [-0.25, -0.2) is 0 Å². The van der Waals surface area contributed by atoms with E-state index in [-0.39, 0.29) is 6.61 Å². The predicted octanol–water partition coefficient (Wildman–Crippen LogP) is 2.07. The molecule has 1 unspecified atom stereocenters. The zero-order valence-electron chi connectivity index (χ0n) is 8.96. The van der Waals surface area contributed by atoms with Crippen molar-refractivity contribution in [2.75, 3.05) is 0 Å². The van der Waals surface area contributed by atoms with Gasteiger partial charge in [-0.2, -0.15) is 0 Å². The smallest absolute Gasteiger partial charge is 0.0681 e. The van der Waals surface area contributed by atoms with E-state index in [1.54, 1.807) is 0 Å². The largest absolute Gasteiger partial charge is 0.392 e. The molecular formula is C12H19NO. The van der Waals surface area contributed by atoms with Crippen molar-refractivity contribution in [1.82, 2.24) is 5.32 Å². The molecule has 0 saturated carbocycles. The van der Waals surface area contributed by atoms with Crippen molar-refractivity contribution in [3.8, 4) is 0 Å². The second-order valence-electron chi connectivity index (χ2n) is 3.67. The summed E-state index contributed by atoms with van der Waals surface area (Å²) >= 11 is 0. The monoisotopic (exact) mass is 193 g/mol. The highest BCUT2D eigenvalue weighted by atomic mass is 16.3. The van der Waals surface area contributed by atoms with E-state index in [0.29, 0.717) is 6.04 Å². The van der Waals surface area contributed by atoms with Crippen LogP contribution < -0.4 is 5.32 Å². The van der Waals surface area contributed by atoms with E-state index < -0.39 is 0 Å². The molecule has 0 spiro atoms. The van der Waals surface area contributed by atoms with Crippen molar-refractivity contribution in [3.63, 3.8) is 0 Å². The van der Waals surface area contributed by atoms with Crippen LogP contribution in [0.25, 0.3) is 0 Å². The Morgan fingerprint density at radius 1 is 1.36 bits per heavy atom. The van der Waals surface area contributed by atoms with Crippen LogP contribution in [0.5, 0.6) is 0 Å². The third kappa shape index (κ3) is 3.48. The van der Waals surface area contributed by atoms with E-state index in [2.05, 4.69) is 25.2 Å². The van der Waals surface area contributed by atoms with Gasteiger partial charge in [0.25, 0.3) is 0 Å². The molecule has 0 aromatic heterocycles. The minimum atomic E-state index is 0.122. The van der Waals surface area contributed by atoms with Crippen LogP contribution >= 0.6 is 0 Å². The molecule has 1 aromatic carbocycles. The quantitative estimate of drug-likeness (QED) is 0.750. The molecular weight excluding hydrogens is 174 g/mol. The first-order chi connectivity index (χ1) is 6.76. The highest BCUT2D eigenvalue weighted by Gasteiger charge is 1.98. The molecule has 2 nitrogen and oxygen atoms in total. The van der Waals surface area contributed by atoms with Crippen molar-refractivity contribution in [2.45, 2.75) is 39.5 Å². The van der Waals surface area contributed by atoms with E-state index in [1.807, 2.05) is 18.2 Å². The number of rotatable bonds is 5. The molecule has 1 atom stereocenters. The van der Waals surface area contributed by atoms with Crippen LogP contribution in [0.2, 0.25) is 0 Å². The lowest BCUT2D eigenvalue weighted by atomic mass is 10.1. The molecule has 0 amide bonds. The van der Waals surface area contributed by atoms with Crippen molar-refractivity contribution in [3.05, 3.63) is 35.4 Å². The Kier molecular flexibility index (Phi) is 4.63. The van der Waals surface area contributed by atoms with Gasteiger partial charge in [-0.3, -0.25) is 0 Å². The maximum Gasteiger partial charge on any atom is 0.0681 e. The summed E-state index contributed by atoms with van der Waals surface area (Å²) in [4.78, 5) is 0. The average molecular weight is 193 g/mol. The molecule has 0 bridgehead atoms. The van der Waals surface area contributed by atoms with Crippen LogP contribution in [0.1, 0.15) is 31.4 Å². The first-order valence-corrected chi connectivity index (χ1v) is 5.18. The molecule has 0 aliphatic rings. The summed E-state index contributed by atoms with van der Waals surface area (Å²) < 4.78 is 0. The Morgan fingerprint density at radius 2 is 2.07 bits per heavy atom. The summed E-state index contributed by atoms with van der Waals surface area (Å²) in [5.41, 5.74) is 2.21. The van der Waals surface area contributed by atoms with Crippen LogP contribution in [-0.2, 0) is 13.2 Å².